The Morgan fingerprint density at radius 1 is 1.30 bits per heavy atom. The van der Waals surface area contributed by atoms with Gasteiger partial charge >= 0.3 is 5.97 Å². The third-order valence-electron chi connectivity index (χ3n) is 4.16. The number of carbonyl (C=O) groups is 2. The summed E-state index contributed by atoms with van der Waals surface area (Å²) in [6.45, 7) is 0.951. The van der Waals surface area contributed by atoms with Gasteiger partial charge < -0.3 is 10.4 Å². The SMILES string of the molecule is O=C(O)C1C2C=CC(C2)C1C(=O)NCCn1ccnn1. The van der Waals surface area contributed by atoms with E-state index in [1.54, 1.807) is 17.1 Å². The maximum Gasteiger partial charge on any atom is 0.307 e. The van der Waals surface area contributed by atoms with Crippen LogP contribution in [-0.4, -0.2) is 38.5 Å². The summed E-state index contributed by atoms with van der Waals surface area (Å²) in [6, 6.07) is 0. The number of carboxylic acids is 1. The second kappa shape index (κ2) is 5.07. The third kappa shape index (κ3) is 2.19. The maximum absolute atomic E-state index is 12.2. The summed E-state index contributed by atoms with van der Waals surface area (Å²) in [7, 11) is 0. The summed E-state index contributed by atoms with van der Waals surface area (Å²) in [5.41, 5.74) is 0. The largest absolute Gasteiger partial charge is 0.481 e. The zero-order chi connectivity index (χ0) is 14.1. The van der Waals surface area contributed by atoms with Crippen LogP contribution in [0.3, 0.4) is 0 Å². The lowest BCUT2D eigenvalue weighted by Crippen LogP contribution is -2.41. The fourth-order valence-electron chi connectivity index (χ4n) is 3.28. The topological polar surface area (TPSA) is 97.1 Å². The minimum absolute atomic E-state index is 0.00330. The molecule has 1 fully saturated rings. The van der Waals surface area contributed by atoms with Crippen molar-refractivity contribution < 1.29 is 14.7 Å². The van der Waals surface area contributed by atoms with Crippen LogP contribution in [0.5, 0.6) is 0 Å². The zero-order valence-corrected chi connectivity index (χ0v) is 10.8. The van der Waals surface area contributed by atoms with Crippen molar-refractivity contribution >= 4 is 11.9 Å². The average Bonchev–Trinajstić information content (AvgIpc) is 3.13. The van der Waals surface area contributed by atoms with Crippen molar-refractivity contribution in [1.82, 2.24) is 20.3 Å². The van der Waals surface area contributed by atoms with Crippen LogP contribution in [0.1, 0.15) is 6.42 Å². The number of nitrogens with one attached hydrogen (secondary N) is 1. The molecule has 4 atom stereocenters. The molecule has 20 heavy (non-hydrogen) atoms. The first kappa shape index (κ1) is 12.8. The van der Waals surface area contributed by atoms with Gasteiger partial charge in [0.25, 0.3) is 0 Å². The van der Waals surface area contributed by atoms with Gasteiger partial charge in [-0.1, -0.05) is 17.4 Å². The van der Waals surface area contributed by atoms with Crippen LogP contribution in [0, 0.1) is 23.7 Å². The van der Waals surface area contributed by atoms with Gasteiger partial charge in [0, 0.05) is 12.7 Å². The Morgan fingerprint density at radius 2 is 2.05 bits per heavy atom. The third-order valence-corrected chi connectivity index (χ3v) is 4.16. The quantitative estimate of drug-likeness (QED) is 0.733. The van der Waals surface area contributed by atoms with Crippen LogP contribution in [0.2, 0.25) is 0 Å². The van der Waals surface area contributed by atoms with Crippen molar-refractivity contribution in [3.63, 3.8) is 0 Å². The monoisotopic (exact) mass is 276 g/mol. The lowest BCUT2D eigenvalue weighted by molar-refractivity contribution is -0.147. The van der Waals surface area contributed by atoms with Crippen molar-refractivity contribution in [2.24, 2.45) is 23.7 Å². The van der Waals surface area contributed by atoms with E-state index in [2.05, 4.69) is 15.6 Å². The van der Waals surface area contributed by atoms with Gasteiger partial charge in [-0.25, -0.2) is 0 Å². The highest BCUT2D eigenvalue weighted by atomic mass is 16.4. The number of carbonyl (C=O) groups excluding carboxylic acids is 1. The first-order valence-electron chi connectivity index (χ1n) is 6.70. The van der Waals surface area contributed by atoms with E-state index in [-0.39, 0.29) is 17.7 Å². The fourth-order valence-corrected chi connectivity index (χ4v) is 3.28. The number of aliphatic carboxylic acids is 1. The summed E-state index contributed by atoms with van der Waals surface area (Å²) in [4.78, 5) is 23.6. The normalized spacial score (nSPS) is 30.6. The molecule has 3 rings (SSSR count). The number of hydrogen-bond donors (Lipinski definition) is 2. The molecular formula is C13H16N4O3. The molecule has 2 aliphatic rings. The van der Waals surface area contributed by atoms with Crippen molar-refractivity contribution in [2.75, 3.05) is 6.54 Å². The molecular weight excluding hydrogens is 260 g/mol. The first-order valence-corrected chi connectivity index (χ1v) is 6.70. The van der Waals surface area contributed by atoms with Gasteiger partial charge in [0.05, 0.1) is 24.6 Å². The highest BCUT2D eigenvalue weighted by Crippen LogP contribution is 2.48. The fraction of sp³-hybridized carbons (Fsp3) is 0.538. The summed E-state index contributed by atoms with van der Waals surface area (Å²) in [5, 5.41) is 19.6. The summed E-state index contributed by atoms with van der Waals surface area (Å²) in [6.07, 6.45) is 7.97. The number of fused-ring (bicyclic) bond motifs is 2. The van der Waals surface area contributed by atoms with E-state index < -0.39 is 17.8 Å². The van der Waals surface area contributed by atoms with Gasteiger partial charge in [-0.15, -0.1) is 5.10 Å². The minimum Gasteiger partial charge on any atom is -0.481 e. The summed E-state index contributed by atoms with van der Waals surface area (Å²) >= 11 is 0. The smallest absolute Gasteiger partial charge is 0.307 e. The molecule has 1 amide bonds. The van der Waals surface area contributed by atoms with E-state index >= 15 is 0 Å². The second-order valence-electron chi connectivity index (χ2n) is 5.30. The Bertz CT molecular complexity index is 540. The highest BCUT2D eigenvalue weighted by molar-refractivity contribution is 5.86. The Labute approximate surface area is 115 Å². The van der Waals surface area contributed by atoms with Crippen LogP contribution >= 0.6 is 0 Å². The maximum atomic E-state index is 12.2. The number of rotatable bonds is 5. The van der Waals surface area contributed by atoms with E-state index in [0.717, 1.165) is 6.42 Å². The van der Waals surface area contributed by atoms with E-state index in [1.165, 1.54) is 0 Å². The molecule has 7 heteroatoms. The number of hydrogen-bond acceptors (Lipinski definition) is 4. The lowest BCUT2D eigenvalue weighted by Gasteiger charge is -2.23. The van der Waals surface area contributed by atoms with Crippen LogP contribution < -0.4 is 5.32 Å². The number of carboxylic acid groups (broad SMARTS) is 1. The molecule has 106 valence electrons. The van der Waals surface area contributed by atoms with E-state index in [1.807, 2.05) is 12.2 Å². The molecule has 0 radical (unpaired) electrons. The van der Waals surface area contributed by atoms with E-state index in [0.29, 0.717) is 13.1 Å². The minimum atomic E-state index is -0.877. The van der Waals surface area contributed by atoms with Crippen LogP contribution in [0.15, 0.2) is 24.5 Å². The standard InChI is InChI=1S/C13H16N4O3/c18-12(14-3-5-17-6-4-15-16-17)10-8-1-2-9(7-8)11(10)13(19)20/h1-2,4,6,8-11H,3,5,7H2,(H,14,18)(H,19,20). The van der Waals surface area contributed by atoms with Gasteiger partial charge in [0.15, 0.2) is 0 Å². The predicted octanol–water partition coefficient (Wildman–Crippen LogP) is -0.0828. The number of amides is 1. The molecule has 4 unspecified atom stereocenters. The predicted molar refractivity (Wildman–Crippen MR) is 68.4 cm³/mol. The molecule has 1 heterocycles. The van der Waals surface area contributed by atoms with Gasteiger partial charge in [-0.05, 0) is 18.3 Å². The molecule has 1 aromatic rings. The Hall–Kier alpha value is -2.18. The molecule has 0 aromatic carbocycles. The van der Waals surface area contributed by atoms with Crippen molar-refractivity contribution in [3.05, 3.63) is 24.5 Å². The Morgan fingerprint density at radius 3 is 2.70 bits per heavy atom. The van der Waals surface area contributed by atoms with Gasteiger partial charge in [-0.2, -0.15) is 0 Å². The Balaban J connectivity index is 1.59. The number of aromatic nitrogens is 3. The number of allylic oxidation sites excluding steroid dienone is 2. The van der Waals surface area contributed by atoms with Gasteiger partial charge in [-0.3, -0.25) is 14.3 Å². The zero-order valence-electron chi connectivity index (χ0n) is 10.8. The van der Waals surface area contributed by atoms with Crippen molar-refractivity contribution in [3.8, 4) is 0 Å². The molecule has 2 bridgehead atoms. The van der Waals surface area contributed by atoms with Crippen molar-refractivity contribution in [2.45, 2.75) is 13.0 Å². The number of nitrogens with zero attached hydrogens (tertiary/aromatic N) is 3. The van der Waals surface area contributed by atoms with Crippen molar-refractivity contribution in [1.29, 1.82) is 0 Å². The lowest BCUT2D eigenvalue weighted by atomic mass is 9.82. The summed E-state index contributed by atoms with van der Waals surface area (Å²) in [5.74, 6) is -2.02. The highest BCUT2D eigenvalue weighted by Gasteiger charge is 2.51. The van der Waals surface area contributed by atoms with Crippen LogP contribution in [0.4, 0.5) is 0 Å². The molecule has 0 spiro atoms. The molecule has 1 saturated carbocycles. The average molecular weight is 276 g/mol. The molecule has 1 aromatic heterocycles. The van der Waals surface area contributed by atoms with E-state index in [4.69, 9.17) is 0 Å². The Kier molecular flexibility index (Phi) is 3.25. The first-order chi connectivity index (χ1) is 9.66. The van der Waals surface area contributed by atoms with Crippen LogP contribution in [-0.2, 0) is 16.1 Å². The summed E-state index contributed by atoms with van der Waals surface area (Å²) < 4.78 is 1.62. The molecule has 2 aliphatic carbocycles. The molecule has 0 saturated heterocycles. The van der Waals surface area contributed by atoms with Crippen LogP contribution in [0.25, 0.3) is 0 Å². The van der Waals surface area contributed by atoms with Gasteiger partial charge in [0.2, 0.25) is 5.91 Å². The molecule has 7 nitrogen and oxygen atoms in total. The second-order valence-corrected chi connectivity index (χ2v) is 5.30. The molecule has 0 aliphatic heterocycles. The van der Waals surface area contributed by atoms with Gasteiger partial charge in [0.1, 0.15) is 0 Å². The van der Waals surface area contributed by atoms with E-state index in [9.17, 15) is 14.7 Å². The molecule has 2 N–H and O–H groups in total.